The number of rotatable bonds is 5. The molecule has 2 fully saturated rings. The predicted octanol–water partition coefficient (Wildman–Crippen LogP) is 1.67. The molecule has 2 aliphatic rings. The molecule has 1 aliphatic heterocycles. The Morgan fingerprint density at radius 2 is 2.20 bits per heavy atom. The van der Waals surface area contributed by atoms with Crippen LogP contribution in [0.4, 0.5) is 0 Å². The number of nitrogens with zero attached hydrogens (tertiary/aromatic N) is 3. The van der Waals surface area contributed by atoms with Crippen molar-refractivity contribution in [3.05, 3.63) is 18.0 Å². The molecule has 20 heavy (non-hydrogen) atoms. The van der Waals surface area contributed by atoms with Gasteiger partial charge >= 0.3 is 0 Å². The maximum absolute atomic E-state index is 4.28. The third-order valence-corrected chi connectivity index (χ3v) is 4.91. The summed E-state index contributed by atoms with van der Waals surface area (Å²) in [7, 11) is 2.00. The smallest absolute Gasteiger partial charge is 0.0522 e. The standard InChI is InChI=1S/C16H28N4/c1-12(2)15-11-20(16(9-17-15)14-4-5-14)7-6-13-8-18-19(3)10-13/h8,10,12,14-17H,4-7,9,11H2,1-3H3. The molecule has 112 valence electrons. The lowest BCUT2D eigenvalue weighted by molar-refractivity contribution is 0.101. The second kappa shape index (κ2) is 5.86. The van der Waals surface area contributed by atoms with Gasteiger partial charge in [-0.2, -0.15) is 5.10 Å². The highest BCUT2D eigenvalue weighted by atomic mass is 15.3. The zero-order chi connectivity index (χ0) is 14.1. The average Bonchev–Trinajstić information content (AvgIpc) is 3.19. The summed E-state index contributed by atoms with van der Waals surface area (Å²) in [5.74, 6) is 1.67. The van der Waals surface area contributed by atoms with Crippen LogP contribution in [-0.2, 0) is 13.5 Å². The topological polar surface area (TPSA) is 33.1 Å². The van der Waals surface area contributed by atoms with Crippen molar-refractivity contribution in [2.75, 3.05) is 19.6 Å². The first-order valence-electron chi connectivity index (χ1n) is 8.08. The zero-order valence-electron chi connectivity index (χ0n) is 13.0. The van der Waals surface area contributed by atoms with Crippen LogP contribution in [0.1, 0.15) is 32.3 Å². The van der Waals surface area contributed by atoms with E-state index in [1.165, 1.54) is 38.0 Å². The molecule has 1 aliphatic carbocycles. The van der Waals surface area contributed by atoms with Gasteiger partial charge in [-0.05, 0) is 36.7 Å². The van der Waals surface area contributed by atoms with Gasteiger partial charge in [-0.15, -0.1) is 0 Å². The van der Waals surface area contributed by atoms with E-state index in [1.54, 1.807) is 0 Å². The van der Waals surface area contributed by atoms with E-state index in [0.717, 1.165) is 24.3 Å². The summed E-state index contributed by atoms with van der Waals surface area (Å²) in [4.78, 5) is 2.74. The highest BCUT2D eigenvalue weighted by Crippen LogP contribution is 2.36. The number of aromatic nitrogens is 2. The van der Waals surface area contributed by atoms with Gasteiger partial charge in [0, 0.05) is 45.0 Å². The Morgan fingerprint density at radius 1 is 1.40 bits per heavy atom. The molecule has 2 unspecified atom stereocenters. The Labute approximate surface area is 122 Å². The van der Waals surface area contributed by atoms with E-state index in [4.69, 9.17) is 0 Å². The minimum Gasteiger partial charge on any atom is -0.311 e. The molecule has 1 saturated carbocycles. The van der Waals surface area contributed by atoms with Gasteiger partial charge in [0.05, 0.1) is 6.20 Å². The van der Waals surface area contributed by atoms with Gasteiger partial charge in [-0.3, -0.25) is 9.58 Å². The normalized spacial score (nSPS) is 28.2. The molecule has 2 heterocycles. The molecule has 1 N–H and O–H groups in total. The van der Waals surface area contributed by atoms with Crippen LogP contribution in [0.15, 0.2) is 12.4 Å². The van der Waals surface area contributed by atoms with Crippen LogP contribution in [-0.4, -0.2) is 46.4 Å². The summed E-state index contributed by atoms with van der Waals surface area (Å²) < 4.78 is 1.91. The molecule has 2 atom stereocenters. The van der Waals surface area contributed by atoms with E-state index in [0.29, 0.717) is 6.04 Å². The molecule has 1 saturated heterocycles. The van der Waals surface area contributed by atoms with Crippen LogP contribution in [0.5, 0.6) is 0 Å². The lowest BCUT2D eigenvalue weighted by atomic mass is 9.97. The lowest BCUT2D eigenvalue weighted by Crippen LogP contribution is -2.59. The molecular weight excluding hydrogens is 248 g/mol. The first-order chi connectivity index (χ1) is 9.63. The molecule has 0 bridgehead atoms. The molecule has 0 radical (unpaired) electrons. The predicted molar refractivity (Wildman–Crippen MR) is 81.6 cm³/mol. The summed E-state index contributed by atoms with van der Waals surface area (Å²) in [6.07, 6.45) is 8.15. The molecule has 1 aromatic rings. The van der Waals surface area contributed by atoms with Gasteiger partial charge in [0.2, 0.25) is 0 Å². The van der Waals surface area contributed by atoms with Crippen molar-refractivity contribution >= 4 is 0 Å². The van der Waals surface area contributed by atoms with Crippen LogP contribution >= 0.6 is 0 Å². The van der Waals surface area contributed by atoms with Gasteiger partial charge in [0.1, 0.15) is 0 Å². The van der Waals surface area contributed by atoms with Crippen molar-refractivity contribution in [2.24, 2.45) is 18.9 Å². The first kappa shape index (κ1) is 14.1. The second-order valence-corrected chi connectivity index (χ2v) is 6.93. The molecular formula is C16H28N4. The molecule has 0 spiro atoms. The fraction of sp³-hybridized carbons (Fsp3) is 0.812. The Balaban J connectivity index is 1.60. The fourth-order valence-electron chi connectivity index (χ4n) is 3.38. The maximum atomic E-state index is 4.28. The number of piperazine rings is 1. The van der Waals surface area contributed by atoms with Crippen LogP contribution in [0.2, 0.25) is 0 Å². The van der Waals surface area contributed by atoms with Crippen molar-refractivity contribution < 1.29 is 0 Å². The monoisotopic (exact) mass is 276 g/mol. The van der Waals surface area contributed by atoms with E-state index in [-0.39, 0.29) is 0 Å². The van der Waals surface area contributed by atoms with Crippen LogP contribution < -0.4 is 5.32 Å². The molecule has 1 aromatic heterocycles. The van der Waals surface area contributed by atoms with E-state index >= 15 is 0 Å². The highest BCUT2D eigenvalue weighted by Gasteiger charge is 2.38. The summed E-state index contributed by atoms with van der Waals surface area (Å²) in [6, 6.07) is 1.42. The second-order valence-electron chi connectivity index (χ2n) is 6.93. The Bertz CT molecular complexity index is 435. The molecule has 0 aromatic carbocycles. The number of aryl methyl sites for hydroxylation is 1. The SMILES string of the molecule is CC(C)C1CN(CCc2cnn(C)c2)C(C2CC2)CN1. The van der Waals surface area contributed by atoms with Gasteiger partial charge in [-0.25, -0.2) is 0 Å². The summed E-state index contributed by atoms with van der Waals surface area (Å²) >= 11 is 0. The third-order valence-electron chi connectivity index (χ3n) is 4.91. The van der Waals surface area contributed by atoms with Gasteiger partial charge in [0.15, 0.2) is 0 Å². The summed E-state index contributed by atoms with van der Waals surface area (Å²) in [5, 5.41) is 8.04. The van der Waals surface area contributed by atoms with Crippen molar-refractivity contribution in [1.29, 1.82) is 0 Å². The third kappa shape index (κ3) is 3.23. The Hall–Kier alpha value is -0.870. The zero-order valence-corrected chi connectivity index (χ0v) is 13.0. The first-order valence-corrected chi connectivity index (χ1v) is 8.08. The molecule has 4 heteroatoms. The van der Waals surface area contributed by atoms with E-state index in [9.17, 15) is 0 Å². The fourth-order valence-corrected chi connectivity index (χ4v) is 3.38. The summed E-state index contributed by atoms with van der Waals surface area (Å²) in [6.45, 7) is 8.22. The van der Waals surface area contributed by atoms with Crippen molar-refractivity contribution in [2.45, 2.75) is 45.2 Å². The van der Waals surface area contributed by atoms with Crippen LogP contribution in [0, 0.1) is 11.8 Å². The van der Waals surface area contributed by atoms with Crippen molar-refractivity contribution in [1.82, 2.24) is 20.0 Å². The summed E-state index contributed by atoms with van der Waals surface area (Å²) in [5.41, 5.74) is 1.36. The van der Waals surface area contributed by atoms with Gasteiger partial charge in [-0.1, -0.05) is 13.8 Å². The molecule has 3 rings (SSSR count). The minimum atomic E-state index is 0.652. The molecule has 4 nitrogen and oxygen atoms in total. The number of hydrogen-bond donors (Lipinski definition) is 1. The highest BCUT2D eigenvalue weighted by molar-refractivity contribution is 5.05. The number of hydrogen-bond acceptors (Lipinski definition) is 3. The average molecular weight is 276 g/mol. The minimum absolute atomic E-state index is 0.652. The van der Waals surface area contributed by atoms with Gasteiger partial charge < -0.3 is 5.32 Å². The van der Waals surface area contributed by atoms with E-state index in [2.05, 4.69) is 35.4 Å². The largest absolute Gasteiger partial charge is 0.311 e. The van der Waals surface area contributed by atoms with E-state index < -0.39 is 0 Å². The van der Waals surface area contributed by atoms with Crippen LogP contribution in [0.25, 0.3) is 0 Å². The Morgan fingerprint density at radius 3 is 2.80 bits per heavy atom. The van der Waals surface area contributed by atoms with E-state index in [1.807, 2.05) is 17.9 Å². The van der Waals surface area contributed by atoms with Crippen LogP contribution in [0.3, 0.4) is 0 Å². The lowest BCUT2D eigenvalue weighted by Gasteiger charge is -2.42. The quantitative estimate of drug-likeness (QED) is 0.888. The van der Waals surface area contributed by atoms with Gasteiger partial charge in [0.25, 0.3) is 0 Å². The van der Waals surface area contributed by atoms with Crippen molar-refractivity contribution in [3.63, 3.8) is 0 Å². The van der Waals surface area contributed by atoms with Crippen molar-refractivity contribution in [3.8, 4) is 0 Å². The maximum Gasteiger partial charge on any atom is 0.0522 e. The molecule has 0 amide bonds. The number of nitrogens with one attached hydrogen (secondary N) is 1. The Kier molecular flexibility index (Phi) is 4.13.